The molecule has 0 radical (unpaired) electrons. The molecule has 0 spiro atoms. The number of hydrogen-bond donors (Lipinski definition) is 1. The van der Waals surface area contributed by atoms with Gasteiger partial charge in [-0.25, -0.2) is 19.2 Å². The van der Waals surface area contributed by atoms with Crippen LogP contribution in [-0.2, 0) is 20.1 Å². The first-order chi connectivity index (χ1) is 12.9. The Kier molecular flexibility index (Phi) is 4.33. The number of alkyl halides is 1. The van der Waals surface area contributed by atoms with E-state index in [9.17, 15) is 9.18 Å². The first-order valence-electron chi connectivity index (χ1n) is 8.79. The van der Waals surface area contributed by atoms with E-state index in [0.29, 0.717) is 19.0 Å². The van der Waals surface area contributed by atoms with Gasteiger partial charge in [-0.05, 0) is 6.92 Å². The maximum Gasteiger partial charge on any atom is 0.407 e. The van der Waals surface area contributed by atoms with Gasteiger partial charge >= 0.3 is 6.09 Å². The first-order valence-corrected chi connectivity index (χ1v) is 8.79. The smallest absolute Gasteiger partial charge is 0.407 e. The molecule has 4 rings (SSSR count). The first kappa shape index (κ1) is 17.5. The van der Waals surface area contributed by atoms with Crippen molar-refractivity contribution in [1.82, 2.24) is 24.6 Å². The van der Waals surface area contributed by atoms with Gasteiger partial charge in [0.25, 0.3) is 0 Å². The summed E-state index contributed by atoms with van der Waals surface area (Å²) in [5.41, 5.74) is 3.04. The number of carboxylic acid groups (broad SMARTS) is 1. The number of nitrogens with zero attached hydrogens (tertiary/aromatic N) is 6. The molecule has 27 heavy (non-hydrogen) atoms. The molecule has 1 fully saturated rings. The minimum Gasteiger partial charge on any atom is -0.471 e. The second kappa shape index (κ2) is 6.67. The van der Waals surface area contributed by atoms with E-state index < -0.39 is 18.4 Å². The third-order valence-corrected chi connectivity index (χ3v) is 5.18. The molecule has 2 aliphatic heterocycles. The molecular formula is C17H21FN6O3. The Labute approximate surface area is 155 Å². The summed E-state index contributed by atoms with van der Waals surface area (Å²) in [5, 5.41) is 13.3. The summed E-state index contributed by atoms with van der Waals surface area (Å²) >= 11 is 0. The number of rotatable bonds is 3. The Bertz CT molecular complexity index is 872. The summed E-state index contributed by atoms with van der Waals surface area (Å²) in [6.07, 6.45) is 0.329. The Morgan fingerprint density at radius 2 is 2.19 bits per heavy atom. The SMILES string of the molecule is Cc1c(OC2CCN(C(=O)O)CC2F)ncnc1N1Cc2cnn(C)c2C1. The van der Waals surface area contributed by atoms with Gasteiger partial charge in [-0.1, -0.05) is 0 Å². The molecule has 144 valence electrons. The Balaban J connectivity index is 1.49. The van der Waals surface area contributed by atoms with Crippen molar-refractivity contribution >= 4 is 11.9 Å². The maximum absolute atomic E-state index is 14.4. The molecule has 1 saturated heterocycles. The minimum atomic E-state index is -1.39. The highest BCUT2D eigenvalue weighted by atomic mass is 19.1. The van der Waals surface area contributed by atoms with Crippen molar-refractivity contribution in [1.29, 1.82) is 0 Å². The lowest BCUT2D eigenvalue weighted by Gasteiger charge is -2.33. The Hall–Kier alpha value is -2.91. The van der Waals surface area contributed by atoms with Gasteiger partial charge in [0.2, 0.25) is 5.88 Å². The van der Waals surface area contributed by atoms with E-state index in [2.05, 4.69) is 20.0 Å². The average molecular weight is 376 g/mol. The van der Waals surface area contributed by atoms with Crippen LogP contribution in [0.2, 0.25) is 0 Å². The number of likely N-dealkylation sites (tertiary alicyclic amines) is 1. The topological polar surface area (TPSA) is 96.6 Å². The van der Waals surface area contributed by atoms with Crippen LogP contribution < -0.4 is 9.64 Å². The van der Waals surface area contributed by atoms with Gasteiger partial charge in [-0.2, -0.15) is 5.10 Å². The number of halogens is 1. The van der Waals surface area contributed by atoms with Gasteiger partial charge in [0.15, 0.2) is 6.17 Å². The van der Waals surface area contributed by atoms with Gasteiger partial charge in [-0.15, -0.1) is 0 Å². The van der Waals surface area contributed by atoms with Crippen molar-refractivity contribution in [2.75, 3.05) is 18.0 Å². The molecule has 0 aromatic carbocycles. The third kappa shape index (κ3) is 3.15. The summed E-state index contributed by atoms with van der Waals surface area (Å²) in [5.74, 6) is 1.08. The maximum atomic E-state index is 14.4. The Morgan fingerprint density at radius 3 is 2.89 bits per heavy atom. The number of hydrogen-bond acceptors (Lipinski definition) is 6. The average Bonchev–Trinajstić information content (AvgIpc) is 3.20. The lowest BCUT2D eigenvalue weighted by atomic mass is 10.1. The number of anilines is 1. The predicted octanol–water partition coefficient (Wildman–Crippen LogP) is 1.51. The third-order valence-electron chi connectivity index (χ3n) is 5.18. The Morgan fingerprint density at radius 1 is 1.37 bits per heavy atom. The van der Waals surface area contributed by atoms with Gasteiger partial charge < -0.3 is 19.6 Å². The van der Waals surface area contributed by atoms with Gasteiger partial charge in [0.1, 0.15) is 18.2 Å². The van der Waals surface area contributed by atoms with Crippen LogP contribution in [0.1, 0.15) is 23.2 Å². The lowest BCUT2D eigenvalue weighted by Crippen LogP contribution is -2.48. The fourth-order valence-corrected chi connectivity index (χ4v) is 3.63. The molecule has 9 nitrogen and oxygen atoms in total. The molecule has 0 aliphatic carbocycles. The normalized spacial score (nSPS) is 22.0. The zero-order valence-electron chi connectivity index (χ0n) is 15.2. The highest BCUT2D eigenvalue weighted by Gasteiger charge is 2.34. The molecule has 2 aliphatic rings. The molecule has 0 saturated carbocycles. The molecule has 4 heterocycles. The summed E-state index contributed by atoms with van der Waals surface area (Å²) in [6.45, 7) is 3.29. The summed E-state index contributed by atoms with van der Waals surface area (Å²) in [6, 6.07) is 0. The number of aryl methyl sites for hydroxylation is 1. The van der Waals surface area contributed by atoms with Crippen LogP contribution in [0.5, 0.6) is 5.88 Å². The molecule has 1 N–H and O–H groups in total. The zero-order chi connectivity index (χ0) is 19.1. The van der Waals surface area contributed by atoms with E-state index in [4.69, 9.17) is 9.84 Å². The van der Waals surface area contributed by atoms with E-state index in [1.165, 1.54) is 6.33 Å². The van der Waals surface area contributed by atoms with Gasteiger partial charge in [0, 0.05) is 32.1 Å². The zero-order valence-corrected chi connectivity index (χ0v) is 15.2. The largest absolute Gasteiger partial charge is 0.471 e. The van der Waals surface area contributed by atoms with Crippen LogP contribution in [0.25, 0.3) is 0 Å². The van der Waals surface area contributed by atoms with Crippen LogP contribution in [0.3, 0.4) is 0 Å². The fourth-order valence-electron chi connectivity index (χ4n) is 3.63. The molecule has 10 heteroatoms. The van der Waals surface area contributed by atoms with Crippen LogP contribution in [0.4, 0.5) is 15.0 Å². The quantitative estimate of drug-likeness (QED) is 0.867. The summed E-state index contributed by atoms with van der Waals surface area (Å²) in [4.78, 5) is 22.7. The molecule has 2 atom stereocenters. The van der Waals surface area contributed by atoms with E-state index in [1.54, 1.807) is 0 Å². The van der Waals surface area contributed by atoms with Gasteiger partial charge in [-0.3, -0.25) is 4.68 Å². The number of carbonyl (C=O) groups is 1. The van der Waals surface area contributed by atoms with Crippen molar-refractivity contribution in [2.24, 2.45) is 7.05 Å². The molecule has 2 aromatic heterocycles. The molecule has 2 aromatic rings. The number of ether oxygens (including phenoxy) is 1. The van der Waals surface area contributed by atoms with Crippen molar-refractivity contribution in [3.8, 4) is 5.88 Å². The second-order valence-electron chi connectivity index (χ2n) is 6.91. The van der Waals surface area contributed by atoms with E-state index in [-0.39, 0.29) is 19.5 Å². The molecule has 1 amide bonds. The predicted molar refractivity (Wildman–Crippen MR) is 93.4 cm³/mol. The minimum absolute atomic E-state index is 0.189. The number of fused-ring (bicyclic) bond motifs is 1. The van der Waals surface area contributed by atoms with E-state index in [0.717, 1.165) is 27.5 Å². The summed E-state index contributed by atoms with van der Waals surface area (Å²) < 4.78 is 22.0. The van der Waals surface area contributed by atoms with Crippen molar-refractivity contribution in [2.45, 2.75) is 38.7 Å². The van der Waals surface area contributed by atoms with E-state index >= 15 is 0 Å². The molecular weight excluding hydrogens is 355 g/mol. The molecule has 2 unspecified atom stereocenters. The lowest BCUT2D eigenvalue weighted by molar-refractivity contribution is 0.0222. The van der Waals surface area contributed by atoms with E-state index in [1.807, 2.05) is 24.9 Å². The number of piperidine rings is 1. The van der Waals surface area contributed by atoms with Crippen molar-refractivity contribution in [3.05, 3.63) is 29.3 Å². The standard InChI is InChI=1S/C17H21FN6O3/c1-10-15(24-6-11-5-21-22(2)13(11)8-24)19-9-20-16(10)27-14-3-4-23(17(25)26)7-12(14)18/h5,9,12,14H,3-4,6-8H2,1-2H3,(H,25,26). The highest BCUT2D eigenvalue weighted by molar-refractivity contribution is 5.65. The number of amides is 1. The van der Waals surface area contributed by atoms with Gasteiger partial charge in [0.05, 0.1) is 30.5 Å². The van der Waals surface area contributed by atoms with Crippen molar-refractivity contribution in [3.63, 3.8) is 0 Å². The number of aromatic nitrogens is 4. The highest BCUT2D eigenvalue weighted by Crippen LogP contribution is 2.32. The second-order valence-corrected chi connectivity index (χ2v) is 6.91. The molecule has 0 bridgehead atoms. The van der Waals surface area contributed by atoms with Crippen LogP contribution in [0, 0.1) is 6.92 Å². The van der Waals surface area contributed by atoms with Crippen LogP contribution in [0.15, 0.2) is 12.5 Å². The fraction of sp³-hybridized carbons (Fsp3) is 0.529. The van der Waals surface area contributed by atoms with Crippen molar-refractivity contribution < 1.29 is 19.0 Å². The summed E-state index contributed by atoms with van der Waals surface area (Å²) in [7, 11) is 1.91. The monoisotopic (exact) mass is 376 g/mol. The van der Waals surface area contributed by atoms with Crippen LogP contribution >= 0.6 is 0 Å². The van der Waals surface area contributed by atoms with Crippen LogP contribution in [-0.4, -0.2) is 61.2 Å².